The zero-order chi connectivity index (χ0) is 13.5. The minimum absolute atomic E-state index is 0.0868. The first-order valence-corrected chi connectivity index (χ1v) is 7.65. The summed E-state index contributed by atoms with van der Waals surface area (Å²) in [6.07, 6.45) is 16.0. The van der Waals surface area contributed by atoms with Crippen LogP contribution in [0.5, 0.6) is 0 Å². The van der Waals surface area contributed by atoms with Crippen LogP contribution < -0.4 is 0 Å². The molecule has 0 N–H and O–H groups in total. The van der Waals surface area contributed by atoms with Crippen molar-refractivity contribution in [2.24, 2.45) is 0 Å². The molecule has 0 radical (unpaired) electrons. The lowest BCUT2D eigenvalue weighted by molar-refractivity contribution is -0.138. The first-order valence-electron chi connectivity index (χ1n) is 7.65. The molecule has 0 amide bonds. The van der Waals surface area contributed by atoms with E-state index >= 15 is 0 Å². The molecular formula is C16H30O2. The highest BCUT2D eigenvalue weighted by molar-refractivity contribution is 5.69. The van der Waals surface area contributed by atoms with Gasteiger partial charge in [-0.15, -0.1) is 0 Å². The van der Waals surface area contributed by atoms with E-state index in [4.69, 9.17) is 4.74 Å². The van der Waals surface area contributed by atoms with Crippen molar-refractivity contribution in [1.29, 1.82) is 0 Å². The van der Waals surface area contributed by atoms with Gasteiger partial charge in [0.05, 0.1) is 6.26 Å². The lowest BCUT2D eigenvalue weighted by Gasteiger charge is -2.01. The molecule has 0 rings (SSSR count). The van der Waals surface area contributed by atoms with Gasteiger partial charge in [0.1, 0.15) is 0 Å². The summed E-state index contributed by atoms with van der Waals surface area (Å²) in [6, 6.07) is 0. The van der Waals surface area contributed by atoms with Crippen LogP contribution in [0.2, 0.25) is 0 Å². The van der Waals surface area contributed by atoms with E-state index < -0.39 is 0 Å². The monoisotopic (exact) mass is 254 g/mol. The van der Waals surface area contributed by atoms with Crippen LogP contribution in [0.3, 0.4) is 0 Å². The van der Waals surface area contributed by atoms with Crippen molar-refractivity contribution in [3.63, 3.8) is 0 Å². The summed E-state index contributed by atoms with van der Waals surface area (Å²) in [5, 5.41) is 0. The van der Waals surface area contributed by atoms with Crippen LogP contribution in [0.1, 0.15) is 84.5 Å². The molecule has 0 heterocycles. The van der Waals surface area contributed by atoms with E-state index in [-0.39, 0.29) is 5.97 Å². The number of hydrogen-bond acceptors (Lipinski definition) is 2. The molecule has 0 aromatic carbocycles. The van der Waals surface area contributed by atoms with Gasteiger partial charge in [-0.1, -0.05) is 58.8 Å². The maximum atomic E-state index is 11.3. The molecule has 0 aliphatic carbocycles. The fraction of sp³-hybridized carbons (Fsp3) is 0.812. The molecule has 2 heteroatoms. The van der Waals surface area contributed by atoms with Crippen LogP contribution in [-0.4, -0.2) is 5.97 Å². The molecule has 0 saturated carbocycles. The van der Waals surface area contributed by atoms with Gasteiger partial charge in [0.2, 0.25) is 0 Å². The van der Waals surface area contributed by atoms with Crippen molar-refractivity contribution in [3.05, 3.63) is 12.3 Å². The lowest BCUT2D eigenvalue weighted by atomic mass is 10.1. The molecule has 0 spiro atoms. The molecule has 0 saturated heterocycles. The summed E-state index contributed by atoms with van der Waals surface area (Å²) < 4.78 is 5.01. The highest BCUT2D eigenvalue weighted by atomic mass is 16.5. The third-order valence-corrected chi connectivity index (χ3v) is 3.00. The molecule has 0 unspecified atom stereocenters. The third-order valence-electron chi connectivity index (χ3n) is 3.00. The Labute approximate surface area is 113 Å². The van der Waals surface area contributed by atoms with Crippen LogP contribution in [-0.2, 0) is 9.53 Å². The highest BCUT2D eigenvalue weighted by Gasteiger charge is 2.00. The van der Waals surface area contributed by atoms with E-state index in [9.17, 15) is 4.79 Å². The maximum absolute atomic E-state index is 11.3. The summed E-state index contributed by atoms with van der Waals surface area (Å²) in [7, 11) is 0. The molecule has 0 aliphatic rings. The Morgan fingerprint density at radius 3 is 2.17 bits per heavy atom. The van der Waals surface area contributed by atoms with Crippen molar-refractivity contribution >= 4 is 5.97 Å². The number of esters is 1. The van der Waals surface area contributed by atoms with Gasteiger partial charge in [0.15, 0.2) is 0 Å². The maximum Gasteiger partial charge on any atom is 0.310 e. The van der Waals surface area contributed by atoms with Gasteiger partial charge in [0.25, 0.3) is 0 Å². The van der Waals surface area contributed by atoms with E-state index in [2.05, 4.69) is 13.8 Å². The molecule has 0 aromatic heterocycles. The predicted molar refractivity (Wildman–Crippen MR) is 77.4 cm³/mol. The smallest absolute Gasteiger partial charge is 0.310 e. The van der Waals surface area contributed by atoms with Crippen LogP contribution in [0, 0.1) is 0 Å². The van der Waals surface area contributed by atoms with Crippen LogP contribution >= 0.6 is 0 Å². The zero-order valence-corrected chi connectivity index (χ0v) is 12.2. The number of carbonyl (C=O) groups excluding carboxylic acids is 1. The number of allylic oxidation sites excluding steroid dienone is 1. The van der Waals surface area contributed by atoms with Gasteiger partial charge in [-0.25, -0.2) is 0 Å². The lowest BCUT2D eigenvalue weighted by Crippen LogP contribution is -1.98. The van der Waals surface area contributed by atoms with Crippen molar-refractivity contribution < 1.29 is 9.53 Å². The van der Waals surface area contributed by atoms with Crippen LogP contribution in [0.15, 0.2) is 12.3 Å². The van der Waals surface area contributed by atoms with Crippen molar-refractivity contribution in [3.8, 4) is 0 Å². The van der Waals surface area contributed by atoms with Gasteiger partial charge >= 0.3 is 5.97 Å². The SMILES string of the molecule is CCCCC=COC(=O)CCCCCCCCC. The Balaban J connectivity index is 3.24. The number of rotatable bonds is 12. The van der Waals surface area contributed by atoms with Crippen LogP contribution in [0.4, 0.5) is 0 Å². The van der Waals surface area contributed by atoms with Crippen molar-refractivity contribution in [2.45, 2.75) is 84.5 Å². The highest BCUT2D eigenvalue weighted by Crippen LogP contribution is 2.08. The summed E-state index contributed by atoms with van der Waals surface area (Å²) in [5.41, 5.74) is 0. The second-order valence-corrected chi connectivity index (χ2v) is 4.88. The van der Waals surface area contributed by atoms with E-state index in [1.54, 1.807) is 6.26 Å². The summed E-state index contributed by atoms with van der Waals surface area (Å²) in [5.74, 6) is -0.0868. The van der Waals surface area contributed by atoms with Gasteiger partial charge in [-0.05, 0) is 25.3 Å². The molecule has 0 fully saturated rings. The predicted octanol–water partition coefficient (Wildman–Crippen LogP) is 5.37. The number of hydrogen-bond donors (Lipinski definition) is 0. The largest absolute Gasteiger partial charge is 0.435 e. The normalized spacial score (nSPS) is 11.0. The average molecular weight is 254 g/mol. The summed E-state index contributed by atoms with van der Waals surface area (Å²) >= 11 is 0. The number of ether oxygens (including phenoxy) is 1. The molecule has 18 heavy (non-hydrogen) atoms. The second-order valence-electron chi connectivity index (χ2n) is 4.88. The minimum Gasteiger partial charge on any atom is -0.435 e. The quantitative estimate of drug-likeness (QED) is 0.266. The molecule has 0 aromatic rings. The van der Waals surface area contributed by atoms with Gasteiger partial charge in [-0.2, -0.15) is 0 Å². The third kappa shape index (κ3) is 13.3. The topological polar surface area (TPSA) is 26.3 Å². The van der Waals surface area contributed by atoms with Gasteiger partial charge < -0.3 is 4.74 Å². The second kappa shape index (κ2) is 14.3. The molecule has 2 nitrogen and oxygen atoms in total. The first-order chi connectivity index (χ1) is 8.81. The molecule has 0 bridgehead atoms. The van der Waals surface area contributed by atoms with E-state index in [1.807, 2.05) is 6.08 Å². The van der Waals surface area contributed by atoms with Crippen molar-refractivity contribution in [2.75, 3.05) is 0 Å². The summed E-state index contributed by atoms with van der Waals surface area (Å²) in [4.78, 5) is 11.3. The molecular weight excluding hydrogens is 224 g/mol. The molecule has 0 atom stereocenters. The van der Waals surface area contributed by atoms with Crippen molar-refractivity contribution in [1.82, 2.24) is 0 Å². The first kappa shape index (κ1) is 17.2. The standard InChI is InChI=1S/C16H30O2/c1-3-5-7-9-10-11-12-14-16(17)18-15-13-8-6-4-2/h13,15H,3-12,14H2,1-2H3. The fourth-order valence-corrected chi connectivity index (χ4v) is 1.80. The Kier molecular flexibility index (Phi) is 13.6. The summed E-state index contributed by atoms with van der Waals surface area (Å²) in [6.45, 7) is 4.38. The zero-order valence-electron chi connectivity index (χ0n) is 12.2. The Morgan fingerprint density at radius 2 is 1.50 bits per heavy atom. The number of unbranched alkanes of at least 4 members (excludes halogenated alkanes) is 8. The Bertz CT molecular complexity index is 209. The minimum atomic E-state index is -0.0868. The van der Waals surface area contributed by atoms with Gasteiger partial charge in [0, 0.05) is 6.42 Å². The fourth-order valence-electron chi connectivity index (χ4n) is 1.80. The molecule has 106 valence electrons. The Morgan fingerprint density at radius 1 is 0.889 bits per heavy atom. The van der Waals surface area contributed by atoms with E-state index in [1.165, 1.54) is 38.5 Å². The van der Waals surface area contributed by atoms with Gasteiger partial charge in [-0.3, -0.25) is 4.79 Å². The van der Waals surface area contributed by atoms with Crippen LogP contribution in [0.25, 0.3) is 0 Å². The average Bonchev–Trinajstić information content (AvgIpc) is 2.37. The molecule has 0 aliphatic heterocycles. The number of carbonyl (C=O) groups is 1. The van der Waals surface area contributed by atoms with E-state index in [0.717, 1.165) is 25.7 Å². The van der Waals surface area contributed by atoms with E-state index in [0.29, 0.717) is 6.42 Å². The Hall–Kier alpha value is -0.790.